The third-order valence-corrected chi connectivity index (χ3v) is 20.3. The van der Waals surface area contributed by atoms with Crippen molar-refractivity contribution in [1.29, 1.82) is 0 Å². The van der Waals surface area contributed by atoms with Crippen molar-refractivity contribution in [2.75, 3.05) is 0 Å². The zero-order valence-electron chi connectivity index (χ0n) is 17.3. The molecule has 0 N–H and O–H groups in total. The molecule has 0 radical (unpaired) electrons. The van der Waals surface area contributed by atoms with E-state index in [1.54, 1.807) is 16.3 Å². The van der Waals surface area contributed by atoms with E-state index in [-0.39, 0.29) is 25.3 Å². The van der Waals surface area contributed by atoms with Gasteiger partial charge < -0.3 is 0 Å². The Morgan fingerprint density at radius 1 is 0.913 bits per heavy atom. The number of hydrogen-bond donors (Lipinski definition) is 0. The van der Waals surface area contributed by atoms with Gasteiger partial charge in [-0.15, -0.1) is 12.4 Å². The van der Waals surface area contributed by atoms with Gasteiger partial charge in [0.1, 0.15) is 0 Å². The molecule has 23 heavy (non-hydrogen) atoms. The Morgan fingerprint density at radius 3 is 1.48 bits per heavy atom. The van der Waals surface area contributed by atoms with Crippen molar-refractivity contribution in [2.45, 2.75) is 92.6 Å². The van der Waals surface area contributed by atoms with Gasteiger partial charge in [0.05, 0.1) is 0 Å². The quantitative estimate of drug-likeness (QED) is 0.327. The summed E-state index contributed by atoms with van der Waals surface area (Å²) in [5, 5.41) is 2.50. The van der Waals surface area contributed by atoms with Gasteiger partial charge in [-0.25, -0.2) is 0 Å². The van der Waals surface area contributed by atoms with E-state index in [0.717, 1.165) is 0 Å². The average Bonchev–Trinajstić information content (AvgIpc) is 2.35. The van der Waals surface area contributed by atoms with Crippen LogP contribution in [0.25, 0.3) is 0 Å². The molecule has 0 unspecified atom stereocenters. The van der Waals surface area contributed by atoms with Gasteiger partial charge >= 0.3 is 150 Å². The SMILES string of the molecule is CC1=C(C)C(C)(C)[C]([Cr])=C1[Si](C)(C)P(C(C)(C)C)C(C)(C)C.Cl. The average molecular weight is 412 g/mol. The molecule has 0 fully saturated rings. The second kappa shape index (κ2) is 6.93. The summed E-state index contributed by atoms with van der Waals surface area (Å²) in [6.45, 7) is 29.5. The second-order valence-corrected chi connectivity index (χ2v) is 22.1. The molecule has 0 spiro atoms. The summed E-state index contributed by atoms with van der Waals surface area (Å²) in [4.78, 5) is 0. The van der Waals surface area contributed by atoms with E-state index in [9.17, 15) is 0 Å². The molecule has 0 aromatic heterocycles. The summed E-state index contributed by atoms with van der Waals surface area (Å²) < 4.78 is 1.53. The standard InChI is InChI=1S/C19H36PSi.ClH.Cr/c1-14-15(2)19(9,10)13-16(14)21(11,12)20(17(3,4)5)18(6,7)8;;/h1-12H3;1H;. The zero-order valence-corrected chi connectivity index (χ0v) is 21.2. The van der Waals surface area contributed by atoms with Crippen molar-refractivity contribution in [3.63, 3.8) is 0 Å². The summed E-state index contributed by atoms with van der Waals surface area (Å²) in [6, 6.07) is 0. The van der Waals surface area contributed by atoms with Crippen molar-refractivity contribution in [1.82, 2.24) is 0 Å². The molecule has 0 aromatic carbocycles. The minimum Gasteiger partial charge on any atom is -0.147 e. The van der Waals surface area contributed by atoms with Gasteiger partial charge in [0.25, 0.3) is 0 Å². The van der Waals surface area contributed by atoms with E-state index in [2.05, 4.69) is 98.6 Å². The first kappa shape index (κ1) is 23.9. The fourth-order valence-corrected chi connectivity index (χ4v) is 26.0. The smallest absolute Gasteiger partial charge is 0.147 e. The van der Waals surface area contributed by atoms with Gasteiger partial charge in [-0.05, 0) is 0 Å². The van der Waals surface area contributed by atoms with E-state index in [0.29, 0.717) is 10.3 Å². The maximum absolute atomic E-state index is 3.49. The molecule has 0 bridgehead atoms. The predicted octanol–water partition coefficient (Wildman–Crippen LogP) is 7.41. The van der Waals surface area contributed by atoms with E-state index < -0.39 is 7.74 Å². The molecule has 135 valence electrons. The van der Waals surface area contributed by atoms with Crippen molar-refractivity contribution in [3.05, 3.63) is 20.8 Å². The molecular formula is C19H37ClCrPSi. The fourth-order valence-electron chi connectivity index (χ4n) is 4.84. The normalized spacial score (nSPS) is 19.5. The van der Waals surface area contributed by atoms with Crippen LogP contribution in [0.1, 0.15) is 69.2 Å². The molecule has 1 aliphatic rings. The Labute approximate surface area is 162 Å². The Hall–Kier alpha value is 0.949. The summed E-state index contributed by atoms with van der Waals surface area (Å²) in [5.74, 6) is 0. The van der Waals surface area contributed by atoms with Crippen molar-refractivity contribution >= 4 is 27.6 Å². The molecule has 1 rings (SSSR count). The van der Waals surface area contributed by atoms with Crippen LogP contribution in [0.15, 0.2) is 20.8 Å². The van der Waals surface area contributed by atoms with Gasteiger partial charge in [0.15, 0.2) is 0 Å². The molecule has 0 aliphatic heterocycles. The fraction of sp³-hybridized carbons (Fsp3) is 0.789. The third-order valence-electron chi connectivity index (χ3n) is 5.18. The monoisotopic (exact) mass is 411 g/mol. The zero-order chi connectivity index (χ0) is 17.9. The Balaban J connectivity index is 0.00000484. The van der Waals surface area contributed by atoms with Crippen LogP contribution < -0.4 is 0 Å². The second-order valence-electron chi connectivity index (χ2n) is 9.82. The van der Waals surface area contributed by atoms with Gasteiger partial charge in [-0.3, -0.25) is 0 Å². The Bertz CT molecular complexity index is 517. The first-order valence-electron chi connectivity index (χ1n) is 8.37. The molecule has 0 saturated carbocycles. The molecule has 0 aromatic rings. The van der Waals surface area contributed by atoms with Crippen LogP contribution in [0.2, 0.25) is 13.1 Å². The minimum atomic E-state index is -1.57. The first-order chi connectivity index (χ1) is 9.46. The van der Waals surface area contributed by atoms with Crippen LogP contribution in [0, 0.1) is 5.41 Å². The topological polar surface area (TPSA) is 0 Å². The number of halogens is 1. The maximum atomic E-state index is 3.49. The maximum Gasteiger partial charge on any atom is -0.147 e. The van der Waals surface area contributed by atoms with Gasteiger partial charge in [0, 0.05) is 0 Å². The van der Waals surface area contributed by atoms with E-state index in [1.165, 1.54) is 4.44 Å². The first-order valence-corrected chi connectivity index (χ1v) is 14.2. The molecule has 1 aliphatic carbocycles. The van der Waals surface area contributed by atoms with E-state index in [1.807, 2.05) is 0 Å². The van der Waals surface area contributed by atoms with Crippen LogP contribution in [-0.4, -0.2) is 18.1 Å². The largest absolute Gasteiger partial charge is 0.147 e. The number of allylic oxidation sites excluding steroid dienone is 4. The van der Waals surface area contributed by atoms with Gasteiger partial charge in [-0.2, -0.15) is 0 Å². The summed E-state index contributed by atoms with van der Waals surface area (Å²) in [5.41, 5.74) is 3.34. The third kappa shape index (κ3) is 4.20. The molecule has 0 heterocycles. The molecular weight excluding hydrogens is 375 g/mol. The van der Waals surface area contributed by atoms with E-state index in [4.69, 9.17) is 0 Å². The summed E-state index contributed by atoms with van der Waals surface area (Å²) in [6.07, 6.45) is 0. The Morgan fingerprint density at radius 2 is 1.26 bits per heavy atom. The van der Waals surface area contributed by atoms with E-state index >= 15 is 0 Å². The van der Waals surface area contributed by atoms with Crippen molar-refractivity contribution in [3.8, 4) is 0 Å². The van der Waals surface area contributed by atoms with Crippen LogP contribution >= 0.6 is 19.9 Å². The van der Waals surface area contributed by atoms with Crippen molar-refractivity contribution in [2.24, 2.45) is 5.41 Å². The van der Waals surface area contributed by atoms with Crippen LogP contribution in [0.4, 0.5) is 0 Å². The molecule has 0 saturated heterocycles. The number of hydrogen-bond acceptors (Lipinski definition) is 0. The Kier molecular flexibility index (Phi) is 7.21. The molecule has 0 nitrogen and oxygen atoms in total. The number of rotatable bonds is 2. The molecule has 4 heteroatoms. The summed E-state index contributed by atoms with van der Waals surface area (Å²) in [7, 11) is -1.66. The molecule has 0 atom stereocenters. The van der Waals surface area contributed by atoms with Gasteiger partial charge in [0.2, 0.25) is 0 Å². The van der Waals surface area contributed by atoms with Crippen molar-refractivity contribution < 1.29 is 16.3 Å². The minimum absolute atomic E-state index is 0. The predicted molar refractivity (Wildman–Crippen MR) is 110 cm³/mol. The molecule has 0 amide bonds. The summed E-state index contributed by atoms with van der Waals surface area (Å²) >= 11 is 3.49. The van der Waals surface area contributed by atoms with Crippen LogP contribution in [-0.2, 0) is 16.3 Å². The van der Waals surface area contributed by atoms with Crippen LogP contribution in [0.5, 0.6) is 0 Å². The van der Waals surface area contributed by atoms with Gasteiger partial charge in [-0.1, -0.05) is 0 Å². The van der Waals surface area contributed by atoms with Crippen LogP contribution in [0.3, 0.4) is 0 Å².